The zero-order valence-corrected chi connectivity index (χ0v) is 15.4. The maximum Gasteiger partial charge on any atom is 0.249 e. The molecule has 0 bridgehead atoms. The Morgan fingerprint density at radius 3 is 2.46 bits per heavy atom. The number of hydrogen-bond acceptors (Lipinski definition) is 4. The predicted molar refractivity (Wildman–Crippen MR) is 103 cm³/mol. The van der Waals surface area contributed by atoms with Gasteiger partial charge in [-0.3, -0.25) is 4.90 Å². The largest absolute Gasteiger partial charge is 0.419 e. The minimum Gasteiger partial charge on any atom is -0.419 e. The van der Waals surface area contributed by atoms with E-state index in [1.807, 2.05) is 24.3 Å². The minimum absolute atomic E-state index is 0.490. The van der Waals surface area contributed by atoms with Gasteiger partial charge in [0.15, 0.2) is 0 Å². The normalized spacial score (nSPS) is 16.0. The number of halogens is 1. The summed E-state index contributed by atoms with van der Waals surface area (Å²) >= 11 is 6.20. The van der Waals surface area contributed by atoms with Gasteiger partial charge < -0.3 is 4.42 Å². The Labute approximate surface area is 158 Å². The van der Waals surface area contributed by atoms with Gasteiger partial charge in [-0.25, -0.2) is 0 Å². The molecule has 1 fully saturated rings. The van der Waals surface area contributed by atoms with Crippen LogP contribution in [0.2, 0.25) is 5.02 Å². The summed E-state index contributed by atoms with van der Waals surface area (Å²) in [5.41, 5.74) is 2.22. The molecule has 0 radical (unpaired) electrons. The maximum absolute atomic E-state index is 6.20. The van der Waals surface area contributed by atoms with Crippen molar-refractivity contribution < 1.29 is 4.42 Å². The molecule has 1 aliphatic rings. The highest BCUT2D eigenvalue weighted by Crippen LogP contribution is 2.27. The third-order valence-corrected chi connectivity index (χ3v) is 5.33. The van der Waals surface area contributed by atoms with Crippen molar-refractivity contribution in [3.8, 4) is 11.5 Å². The molecule has 26 heavy (non-hydrogen) atoms. The lowest BCUT2D eigenvalue weighted by Gasteiger charge is -2.31. The van der Waals surface area contributed by atoms with E-state index in [1.165, 1.54) is 24.8 Å². The highest BCUT2D eigenvalue weighted by atomic mass is 35.5. The van der Waals surface area contributed by atoms with Gasteiger partial charge in [0.2, 0.25) is 11.8 Å². The van der Waals surface area contributed by atoms with E-state index in [-0.39, 0.29) is 0 Å². The van der Waals surface area contributed by atoms with Crippen molar-refractivity contribution in [1.29, 1.82) is 0 Å². The van der Waals surface area contributed by atoms with Gasteiger partial charge in [-0.15, -0.1) is 10.2 Å². The Morgan fingerprint density at radius 1 is 0.962 bits per heavy atom. The minimum atomic E-state index is 0.490. The second-order valence-electron chi connectivity index (χ2n) is 6.89. The lowest BCUT2D eigenvalue weighted by atomic mass is 9.90. The summed E-state index contributed by atoms with van der Waals surface area (Å²) in [6, 6.07) is 18.3. The first-order chi connectivity index (χ1) is 12.8. The van der Waals surface area contributed by atoms with E-state index in [0.29, 0.717) is 23.3 Å². The molecule has 2 aromatic carbocycles. The van der Waals surface area contributed by atoms with Gasteiger partial charge in [-0.2, -0.15) is 0 Å². The number of rotatable bonds is 5. The number of piperidine rings is 1. The van der Waals surface area contributed by atoms with Crippen LogP contribution in [0.1, 0.15) is 24.3 Å². The molecule has 0 unspecified atom stereocenters. The fraction of sp³-hybridized carbons (Fsp3) is 0.333. The van der Waals surface area contributed by atoms with Crippen LogP contribution in [-0.2, 0) is 13.0 Å². The van der Waals surface area contributed by atoms with Crippen molar-refractivity contribution in [3.05, 3.63) is 71.1 Å². The van der Waals surface area contributed by atoms with Crippen LogP contribution in [0.5, 0.6) is 0 Å². The topological polar surface area (TPSA) is 42.2 Å². The third-order valence-electron chi connectivity index (χ3n) is 5.00. The van der Waals surface area contributed by atoms with E-state index in [0.717, 1.165) is 24.6 Å². The van der Waals surface area contributed by atoms with Gasteiger partial charge >= 0.3 is 0 Å². The van der Waals surface area contributed by atoms with Gasteiger partial charge in [-0.05, 0) is 56.0 Å². The highest BCUT2D eigenvalue weighted by Gasteiger charge is 2.21. The number of benzene rings is 2. The van der Waals surface area contributed by atoms with E-state index >= 15 is 0 Å². The van der Waals surface area contributed by atoms with E-state index in [2.05, 4.69) is 45.4 Å². The molecule has 0 amide bonds. The number of nitrogens with zero attached hydrogens (tertiary/aromatic N) is 3. The Balaban J connectivity index is 1.32. The SMILES string of the molecule is Clc1ccccc1-c1nnc(CN2CCC(Cc3ccccc3)CC2)o1. The van der Waals surface area contributed by atoms with Gasteiger partial charge in [0, 0.05) is 0 Å². The Bertz CT molecular complexity index is 841. The molecular weight excluding hydrogens is 346 g/mol. The molecule has 1 aromatic heterocycles. The van der Waals surface area contributed by atoms with E-state index in [4.69, 9.17) is 16.0 Å². The van der Waals surface area contributed by atoms with Crippen LogP contribution in [0.15, 0.2) is 59.0 Å². The smallest absolute Gasteiger partial charge is 0.249 e. The monoisotopic (exact) mass is 367 g/mol. The number of aromatic nitrogens is 2. The second-order valence-corrected chi connectivity index (χ2v) is 7.30. The lowest BCUT2D eigenvalue weighted by Crippen LogP contribution is -2.33. The third kappa shape index (κ3) is 4.14. The summed E-state index contributed by atoms with van der Waals surface area (Å²) in [5.74, 6) is 1.90. The molecule has 2 heterocycles. The highest BCUT2D eigenvalue weighted by molar-refractivity contribution is 6.33. The molecule has 0 N–H and O–H groups in total. The zero-order chi connectivity index (χ0) is 17.8. The first-order valence-corrected chi connectivity index (χ1v) is 9.49. The summed E-state index contributed by atoms with van der Waals surface area (Å²) < 4.78 is 5.83. The number of likely N-dealkylation sites (tertiary alicyclic amines) is 1. The van der Waals surface area contributed by atoms with E-state index in [1.54, 1.807) is 0 Å². The molecule has 4 nitrogen and oxygen atoms in total. The van der Waals surface area contributed by atoms with Crippen LogP contribution in [0.3, 0.4) is 0 Å². The van der Waals surface area contributed by atoms with Gasteiger partial charge in [0.1, 0.15) is 0 Å². The van der Waals surface area contributed by atoms with Crippen LogP contribution in [0.25, 0.3) is 11.5 Å². The van der Waals surface area contributed by atoms with Crippen molar-refractivity contribution in [2.24, 2.45) is 5.92 Å². The van der Waals surface area contributed by atoms with Crippen LogP contribution >= 0.6 is 11.6 Å². The van der Waals surface area contributed by atoms with Crippen molar-refractivity contribution in [2.45, 2.75) is 25.8 Å². The summed E-state index contributed by atoms with van der Waals surface area (Å²) in [5, 5.41) is 8.98. The van der Waals surface area contributed by atoms with Crippen molar-refractivity contribution >= 4 is 11.6 Å². The summed E-state index contributed by atoms with van der Waals surface area (Å²) in [6.45, 7) is 2.85. The van der Waals surface area contributed by atoms with Crippen LogP contribution in [0.4, 0.5) is 0 Å². The van der Waals surface area contributed by atoms with Crippen LogP contribution < -0.4 is 0 Å². The molecule has 1 aliphatic heterocycles. The average Bonchev–Trinajstić information content (AvgIpc) is 3.13. The molecule has 4 rings (SSSR count). The van der Waals surface area contributed by atoms with Gasteiger partial charge in [0.05, 0.1) is 17.1 Å². The quantitative estimate of drug-likeness (QED) is 0.646. The zero-order valence-electron chi connectivity index (χ0n) is 14.6. The number of hydrogen-bond donors (Lipinski definition) is 0. The first kappa shape index (κ1) is 17.3. The van der Waals surface area contributed by atoms with Crippen molar-refractivity contribution in [1.82, 2.24) is 15.1 Å². The molecule has 0 saturated carbocycles. The summed E-state index contributed by atoms with van der Waals surface area (Å²) in [4.78, 5) is 2.39. The van der Waals surface area contributed by atoms with Crippen LogP contribution in [-0.4, -0.2) is 28.2 Å². The lowest BCUT2D eigenvalue weighted by molar-refractivity contribution is 0.164. The Kier molecular flexibility index (Phi) is 5.32. The van der Waals surface area contributed by atoms with Crippen molar-refractivity contribution in [2.75, 3.05) is 13.1 Å². The van der Waals surface area contributed by atoms with E-state index in [9.17, 15) is 0 Å². The molecule has 0 aliphatic carbocycles. The summed E-state index contributed by atoms with van der Waals surface area (Å²) in [7, 11) is 0. The molecule has 3 aromatic rings. The Hall–Kier alpha value is -2.17. The fourth-order valence-corrected chi connectivity index (χ4v) is 3.76. The molecule has 0 spiro atoms. The molecule has 134 valence electrons. The second kappa shape index (κ2) is 8.02. The van der Waals surface area contributed by atoms with Crippen molar-refractivity contribution in [3.63, 3.8) is 0 Å². The van der Waals surface area contributed by atoms with E-state index < -0.39 is 0 Å². The maximum atomic E-state index is 6.20. The molecule has 5 heteroatoms. The molecule has 0 atom stereocenters. The fourth-order valence-electron chi connectivity index (χ4n) is 3.55. The Morgan fingerprint density at radius 2 is 1.69 bits per heavy atom. The predicted octanol–water partition coefficient (Wildman–Crippen LogP) is 4.84. The summed E-state index contributed by atoms with van der Waals surface area (Å²) in [6.07, 6.45) is 3.59. The van der Waals surface area contributed by atoms with Crippen LogP contribution in [0, 0.1) is 5.92 Å². The first-order valence-electron chi connectivity index (χ1n) is 9.11. The molecular formula is C21H22ClN3O. The molecule has 1 saturated heterocycles. The average molecular weight is 368 g/mol. The van der Waals surface area contributed by atoms with Gasteiger partial charge in [-0.1, -0.05) is 54.1 Å². The van der Waals surface area contributed by atoms with Gasteiger partial charge in [0.25, 0.3) is 0 Å². The standard InChI is InChI=1S/C21H22ClN3O/c22-19-9-5-4-8-18(19)21-24-23-20(26-21)15-25-12-10-17(11-13-25)14-16-6-2-1-3-7-16/h1-9,17H,10-15H2.